The van der Waals surface area contributed by atoms with Gasteiger partial charge >= 0.3 is 0 Å². The van der Waals surface area contributed by atoms with Crippen LogP contribution in [0, 0.1) is 6.92 Å². The van der Waals surface area contributed by atoms with Crippen molar-refractivity contribution in [3.8, 4) is 0 Å². The Morgan fingerprint density at radius 1 is 1.42 bits per heavy atom. The number of allylic oxidation sites excluding steroid dienone is 1. The van der Waals surface area contributed by atoms with Gasteiger partial charge in [-0.1, -0.05) is 28.5 Å². The molecule has 1 rings (SSSR count). The molecule has 1 aromatic heterocycles. The lowest BCUT2D eigenvalue weighted by molar-refractivity contribution is -0.127. The summed E-state index contributed by atoms with van der Waals surface area (Å²) >= 11 is 0. The number of rotatable bonds is 9. The zero-order valence-corrected chi connectivity index (χ0v) is 16.3. The molecule has 0 aliphatic rings. The smallest absolute Gasteiger partial charge is 0.223 e. The van der Waals surface area contributed by atoms with Gasteiger partial charge in [-0.2, -0.15) is 0 Å². The average molecular weight is 371 g/mol. The molecule has 134 valence electrons. The van der Waals surface area contributed by atoms with Crippen molar-refractivity contribution in [3.05, 3.63) is 28.2 Å². The van der Waals surface area contributed by atoms with Crippen LogP contribution >= 0.6 is 21.6 Å². The van der Waals surface area contributed by atoms with E-state index in [0.29, 0.717) is 30.2 Å². The second-order valence-electron chi connectivity index (χ2n) is 5.32. The molecule has 0 atom stereocenters. The molecule has 0 fully saturated rings. The predicted octanol–water partition coefficient (Wildman–Crippen LogP) is 3.12. The van der Waals surface area contributed by atoms with Crippen LogP contribution in [-0.2, 0) is 11.3 Å². The van der Waals surface area contributed by atoms with E-state index in [0.717, 1.165) is 22.8 Å². The number of nitrogens with two attached hydrogens (primary N) is 1. The van der Waals surface area contributed by atoms with Crippen LogP contribution in [0.4, 0.5) is 5.82 Å². The molecule has 0 radical (unpaired) electrons. The third kappa shape index (κ3) is 6.33. The van der Waals surface area contributed by atoms with Crippen molar-refractivity contribution in [1.82, 2.24) is 14.9 Å². The van der Waals surface area contributed by atoms with Crippen molar-refractivity contribution in [2.24, 2.45) is 0 Å². The number of hydrogen-bond donors (Lipinski definition) is 2. The fraction of sp³-hybridized carbons (Fsp3) is 0.562. The average Bonchev–Trinajstić information content (AvgIpc) is 2.52. The standard InChI is InChI=1S/C16H26N4O2S2/c1-5-8-23-24-15(6-7-21)11(2)20(13(4)22)10-14-9-18-12(3)19-16(14)17/h9,21H,5-8,10H2,1-4H3,(H2,17,18,19)/b15-11+. The fourth-order valence-corrected chi connectivity index (χ4v) is 4.59. The predicted molar refractivity (Wildman–Crippen MR) is 102 cm³/mol. The van der Waals surface area contributed by atoms with Gasteiger partial charge in [-0.3, -0.25) is 4.79 Å². The number of aromatic nitrogens is 2. The SMILES string of the molecule is CCCSS/C(CCO)=C(\C)N(Cc1cnc(C)nc1N)C(C)=O. The molecule has 0 aliphatic carbocycles. The second kappa shape index (κ2) is 10.6. The zero-order chi connectivity index (χ0) is 18.1. The molecule has 6 nitrogen and oxygen atoms in total. The van der Waals surface area contributed by atoms with Crippen molar-refractivity contribution in [2.75, 3.05) is 18.1 Å². The van der Waals surface area contributed by atoms with Crippen molar-refractivity contribution in [2.45, 2.75) is 47.1 Å². The lowest BCUT2D eigenvalue weighted by Gasteiger charge is -2.25. The molecule has 0 saturated heterocycles. The number of nitrogen functional groups attached to an aromatic ring is 1. The van der Waals surface area contributed by atoms with E-state index in [2.05, 4.69) is 16.9 Å². The minimum atomic E-state index is -0.0796. The molecule has 0 aromatic carbocycles. The van der Waals surface area contributed by atoms with Gasteiger partial charge < -0.3 is 15.7 Å². The minimum Gasteiger partial charge on any atom is -0.396 e. The Hall–Kier alpha value is -1.25. The number of aryl methyl sites for hydroxylation is 1. The second-order valence-corrected chi connectivity index (χ2v) is 7.83. The number of anilines is 1. The summed E-state index contributed by atoms with van der Waals surface area (Å²) in [7, 11) is 3.35. The molecule has 0 unspecified atom stereocenters. The lowest BCUT2D eigenvalue weighted by Crippen LogP contribution is -2.28. The molecule has 1 aromatic rings. The number of carbonyl (C=O) groups excluding carboxylic acids is 1. The summed E-state index contributed by atoms with van der Waals surface area (Å²) in [5.41, 5.74) is 7.50. The van der Waals surface area contributed by atoms with Gasteiger partial charge in [-0.15, -0.1) is 0 Å². The topological polar surface area (TPSA) is 92.3 Å². The molecule has 3 N–H and O–H groups in total. The third-order valence-corrected chi connectivity index (χ3v) is 6.17. The molecular formula is C16H26N4O2S2. The number of aliphatic hydroxyl groups excluding tert-OH is 1. The first kappa shape index (κ1) is 20.8. The molecular weight excluding hydrogens is 344 g/mol. The minimum absolute atomic E-state index is 0.0495. The summed E-state index contributed by atoms with van der Waals surface area (Å²) < 4.78 is 0. The van der Waals surface area contributed by atoms with Crippen molar-refractivity contribution in [1.29, 1.82) is 0 Å². The Bertz CT molecular complexity index is 593. The van der Waals surface area contributed by atoms with Gasteiger partial charge in [0, 0.05) is 48.1 Å². The van der Waals surface area contributed by atoms with Gasteiger partial charge in [-0.25, -0.2) is 9.97 Å². The third-order valence-electron chi connectivity index (χ3n) is 3.32. The van der Waals surface area contributed by atoms with Crippen LogP contribution in [0.3, 0.4) is 0 Å². The van der Waals surface area contributed by atoms with E-state index in [4.69, 9.17) is 5.73 Å². The fourth-order valence-electron chi connectivity index (χ4n) is 2.00. The monoisotopic (exact) mass is 370 g/mol. The molecule has 1 heterocycles. The quantitative estimate of drug-likeness (QED) is 0.509. The van der Waals surface area contributed by atoms with Crippen LogP contribution in [0.1, 0.15) is 45.0 Å². The highest BCUT2D eigenvalue weighted by atomic mass is 33.1. The van der Waals surface area contributed by atoms with Gasteiger partial charge in [0.15, 0.2) is 0 Å². The highest BCUT2D eigenvalue weighted by molar-refractivity contribution is 8.78. The number of hydrogen-bond acceptors (Lipinski definition) is 7. The first-order chi connectivity index (χ1) is 11.4. The summed E-state index contributed by atoms with van der Waals surface area (Å²) in [5, 5.41) is 9.33. The van der Waals surface area contributed by atoms with Crippen molar-refractivity contribution >= 4 is 33.3 Å². The maximum absolute atomic E-state index is 12.1. The van der Waals surface area contributed by atoms with E-state index < -0.39 is 0 Å². The van der Waals surface area contributed by atoms with Crippen LogP contribution < -0.4 is 5.73 Å². The van der Waals surface area contributed by atoms with Gasteiger partial charge in [0.1, 0.15) is 11.6 Å². The van der Waals surface area contributed by atoms with E-state index in [-0.39, 0.29) is 12.5 Å². The molecule has 0 bridgehead atoms. The van der Waals surface area contributed by atoms with E-state index in [1.807, 2.05) is 6.92 Å². The largest absolute Gasteiger partial charge is 0.396 e. The number of aliphatic hydroxyl groups is 1. The van der Waals surface area contributed by atoms with Gasteiger partial charge in [-0.05, 0) is 20.3 Å². The molecule has 1 amide bonds. The zero-order valence-electron chi connectivity index (χ0n) is 14.7. The highest BCUT2D eigenvalue weighted by Crippen LogP contribution is 2.36. The van der Waals surface area contributed by atoms with Crippen LogP contribution in [0.25, 0.3) is 0 Å². The van der Waals surface area contributed by atoms with Crippen molar-refractivity contribution < 1.29 is 9.90 Å². The Balaban J connectivity index is 3.05. The van der Waals surface area contributed by atoms with Crippen LogP contribution in [0.5, 0.6) is 0 Å². The van der Waals surface area contributed by atoms with E-state index in [1.54, 1.807) is 39.6 Å². The van der Waals surface area contributed by atoms with E-state index in [9.17, 15) is 9.90 Å². The summed E-state index contributed by atoms with van der Waals surface area (Å²) in [5.74, 6) is 1.93. The summed E-state index contributed by atoms with van der Waals surface area (Å²) in [4.78, 5) is 23.1. The van der Waals surface area contributed by atoms with Crippen LogP contribution in [0.2, 0.25) is 0 Å². The summed E-state index contributed by atoms with van der Waals surface area (Å²) in [6, 6.07) is 0. The molecule has 0 spiro atoms. The maximum atomic E-state index is 12.1. The first-order valence-corrected chi connectivity index (χ1v) is 10.2. The molecule has 0 aliphatic heterocycles. The van der Waals surface area contributed by atoms with Gasteiger partial charge in [0.2, 0.25) is 5.91 Å². The van der Waals surface area contributed by atoms with Crippen molar-refractivity contribution in [3.63, 3.8) is 0 Å². The lowest BCUT2D eigenvalue weighted by atomic mass is 10.2. The summed E-state index contributed by atoms with van der Waals surface area (Å²) in [6.07, 6.45) is 3.26. The normalized spacial score (nSPS) is 12.0. The Kier molecular flexibility index (Phi) is 9.17. The van der Waals surface area contributed by atoms with Crippen LogP contribution in [-0.4, -0.2) is 38.2 Å². The first-order valence-electron chi connectivity index (χ1n) is 7.86. The van der Waals surface area contributed by atoms with Gasteiger partial charge in [0.05, 0.1) is 6.54 Å². The Morgan fingerprint density at radius 3 is 2.67 bits per heavy atom. The maximum Gasteiger partial charge on any atom is 0.223 e. The van der Waals surface area contributed by atoms with Gasteiger partial charge in [0.25, 0.3) is 0 Å². The Labute approximate surface area is 151 Å². The van der Waals surface area contributed by atoms with E-state index in [1.165, 1.54) is 6.92 Å². The molecule has 8 heteroatoms. The Morgan fingerprint density at radius 2 is 2.12 bits per heavy atom. The highest BCUT2D eigenvalue weighted by Gasteiger charge is 2.18. The molecule has 0 saturated carbocycles. The number of carbonyl (C=O) groups is 1. The number of amides is 1. The van der Waals surface area contributed by atoms with E-state index >= 15 is 0 Å². The van der Waals surface area contributed by atoms with Crippen LogP contribution in [0.15, 0.2) is 16.8 Å². The summed E-state index contributed by atoms with van der Waals surface area (Å²) in [6.45, 7) is 7.69. The number of nitrogens with zero attached hydrogens (tertiary/aromatic N) is 3. The molecule has 24 heavy (non-hydrogen) atoms.